The van der Waals surface area contributed by atoms with Crippen LogP contribution in [0.1, 0.15) is 23.1 Å². The van der Waals surface area contributed by atoms with E-state index in [1.54, 1.807) is 10.4 Å². The van der Waals surface area contributed by atoms with Gasteiger partial charge < -0.3 is 4.74 Å². The summed E-state index contributed by atoms with van der Waals surface area (Å²) in [4.78, 5) is 2.09. The Morgan fingerprint density at radius 1 is 1.58 bits per heavy atom. The van der Waals surface area contributed by atoms with Gasteiger partial charge in [-0.1, -0.05) is 6.92 Å². The molecule has 0 saturated carbocycles. The average Bonchev–Trinajstić information content (AvgIpc) is 2.80. The lowest BCUT2D eigenvalue weighted by Crippen LogP contribution is -2.48. The molecule has 108 valence electrons. The number of morpholine rings is 1. The summed E-state index contributed by atoms with van der Waals surface area (Å²) in [5.74, 6) is 0.349. The lowest BCUT2D eigenvalue weighted by Gasteiger charge is -2.33. The first kappa shape index (κ1) is 15.3. The topological polar surface area (TPSA) is 46.6 Å². The van der Waals surface area contributed by atoms with Gasteiger partial charge in [0.05, 0.1) is 24.0 Å². The van der Waals surface area contributed by atoms with Crippen molar-refractivity contribution >= 4 is 33.0 Å². The molecule has 0 aliphatic carbocycles. The van der Waals surface area contributed by atoms with Crippen molar-refractivity contribution in [2.75, 3.05) is 19.8 Å². The average molecular weight is 324 g/mol. The van der Waals surface area contributed by atoms with Gasteiger partial charge in [-0.3, -0.25) is 0 Å². The van der Waals surface area contributed by atoms with Gasteiger partial charge in [-0.2, -0.15) is 4.31 Å². The first-order chi connectivity index (χ1) is 9.00. The summed E-state index contributed by atoms with van der Waals surface area (Å²) in [6.45, 7) is 5.16. The lowest BCUT2D eigenvalue weighted by atomic mass is 10.2. The molecule has 0 radical (unpaired) electrons. The van der Waals surface area contributed by atoms with Crippen molar-refractivity contribution in [3.05, 3.63) is 15.8 Å². The van der Waals surface area contributed by atoms with E-state index >= 15 is 0 Å². The van der Waals surface area contributed by atoms with Crippen LogP contribution in [0.25, 0.3) is 0 Å². The van der Waals surface area contributed by atoms with E-state index < -0.39 is 10.0 Å². The number of alkyl halides is 1. The summed E-state index contributed by atoms with van der Waals surface area (Å²) in [5.41, 5.74) is 0. The van der Waals surface area contributed by atoms with Gasteiger partial charge in [0.2, 0.25) is 10.0 Å². The van der Waals surface area contributed by atoms with Crippen LogP contribution in [-0.4, -0.2) is 38.5 Å². The van der Waals surface area contributed by atoms with Gasteiger partial charge in [-0.05, 0) is 19.4 Å². The summed E-state index contributed by atoms with van der Waals surface area (Å²) in [6, 6.07) is 1.63. The van der Waals surface area contributed by atoms with Crippen LogP contribution in [-0.2, 0) is 20.6 Å². The molecule has 1 fully saturated rings. The Bertz CT molecular complexity index is 541. The third-order valence-corrected chi connectivity index (χ3v) is 6.99. The van der Waals surface area contributed by atoms with E-state index in [2.05, 4.69) is 0 Å². The molecule has 1 aliphatic rings. The fourth-order valence-electron chi connectivity index (χ4n) is 2.25. The van der Waals surface area contributed by atoms with Crippen LogP contribution >= 0.6 is 22.9 Å². The monoisotopic (exact) mass is 323 g/mol. The van der Waals surface area contributed by atoms with Crippen molar-refractivity contribution in [3.8, 4) is 0 Å². The Labute approximate surface area is 123 Å². The third-order valence-electron chi connectivity index (χ3n) is 3.29. The van der Waals surface area contributed by atoms with Crippen molar-refractivity contribution in [3.63, 3.8) is 0 Å². The van der Waals surface area contributed by atoms with E-state index in [4.69, 9.17) is 16.3 Å². The van der Waals surface area contributed by atoms with Crippen LogP contribution in [0.15, 0.2) is 11.0 Å². The molecule has 1 unspecified atom stereocenters. The Morgan fingerprint density at radius 3 is 2.89 bits per heavy atom. The standard InChI is InChI=1S/C12H18ClNO3S2/c1-3-10-8-17-5-4-14(10)19(15,16)12-6-11(7-13)18-9(12)2/h6,10H,3-5,7-8H2,1-2H3. The van der Waals surface area contributed by atoms with Gasteiger partial charge in [-0.15, -0.1) is 22.9 Å². The maximum atomic E-state index is 12.7. The predicted octanol–water partition coefficient (Wildman–Crippen LogP) is 2.59. The first-order valence-corrected chi connectivity index (χ1v) is 9.04. The minimum atomic E-state index is -3.44. The molecule has 0 spiro atoms. The predicted molar refractivity (Wildman–Crippen MR) is 77.4 cm³/mol. The largest absolute Gasteiger partial charge is 0.378 e. The van der Waals surface area contributed by atoms with Gasteiger partial charge in [0, 0.05) is 22.3 Å². The first-order valence-electron chi connectivity index (χ1n) is 6.25. The number of hydrogen-bond acceptors (Lipinski definition) is 4. The molecular weight excluding hydrogens is 306 g/mol. The SMILES string of the molecule is CCC1COCCN1S(=O)(=O)c1cc(CCl)sc1C. The van der Waals surface area contributed by atoms with Gasteiger partial charge in [-0.25, -0.2) is 8.42 Å². The van der Waals surface area contributed by atoms with E-state index in [0.717, 1.165) is 16.2 Å². The Hall–Kier alpha value is -0.140. The molecule has 0 aromatic carbocycles. The molecule has 2 heterocycles. The number of ether oxygens (including phenoxy) is 1. The Morgan fingerprint density at radius 2 is 2.32 bits per heavy atom. The number of rotatable bonds is 4. The number of halogens is 1. The lowest BCUT2D eigenvalue weighted by molar-refractivity contribution is 0.0314. The highest BCUT2D eigenvalue weighted by Crippen LogP contribution is 2.31. The van der Waals surface area contributed by atoms with Crippen LogP contribution in [0.5, 0.6) is 0 Å². The second kappa shape index (κ2) is 6.10. The van der Waals surface area contributed by atoms with Crippen LogP contribution in [0, 0.1) is 6.92 Å². The molecular formula is C12H18ClNO3S2. The van der Waals surface area contributed by atoms with E-state index in [9.17, 15) is 8.42 Å². The summed E-state index contributed by atoms with van der Waals surface area (Å²) >= 11 is 7.23. The minimum Gasteiger partial charge on any atom is -0.378 e. The normalized spacial score (nSPS) is 21.7. The molecule has 1 aromatic rings. The molecule has 4 nitrogen and oxygen atoms in total. The minimum absolute atomic E-state index is 0.0718. The van der Waals surface area contributed by atoms with Crippen molar-refractivity contribution in [2.24, 2.45) is 0 Å². The zero-order chi connectivity index (χ0) is 14.0. The van der Waals surface area contributed by atoms with Crippen LogP contribution < -0.4 is 0 Å². The summed E-state index contributed by atoms with van der Waals surface area (Å²) < 4.78 is 32.4. The molecule has 7 heteroatoms. The second-order valence-corrected chi connectivity index (χ2v) is 7.99. The number of nitrogens with zero attached hydrogens (tertiary/aromatic N) is 1. The van der Waals surface area contributed by atoms with Gasteiger partial charge in [0.25, 0.3) is 0 Å². The molecule has 19 heavy (non-hydrogen) atoms. The van der Waals surface area contributed by atoms with Crippen LogP contribution in [0.4, 0.5) is 0 Å². The summed E-state index contributed by atoms with van der Waals surface area (Å²) in [6.07, 6.45) is 0.755. The van der Waals surface area contributed by atoms with Crippen LogP contribution in [0.3, 0.4) is 0 Å². The van der Waals surface area contributed by atoms with Crippen molar-refractivity contribution in [2.45, 2.75) is 37.1 Å². The molecule has 0 amide bonds. The highest BCUT2D eigenvalue weighted by Gasteiger charge is 2.34. The fraction of sp³-hybridized carbons (Fsp3) is 0.667. The quantitative estimate of drug-likeness (QED) is 0.800. The highest BCUT2D eigenvalue weighted by atomic mass is 35.5. The highest BCUT2D eigenvalue weighted by molar-refractivity contribution is 7.89. The number of hydrogen-bond donors (Lipinski definition) is 0. The van der Waals surface area contributed by atoms with Gasteiger partial charge in [0.1, 0.15) is 0 Å². The summed E-state index contributed by atoms with van der Waals surface area (Å²) in [7, 11) is -3.44. The number of sulfonamides is 1. The van der Waals surface area contributed by atoms with Crippen molar-refractivity contribution in [1.29, 1.82) is 0 Å². The maximum Gasteiger partial charge on any atom is 0.244 e. The van der Waals surface area contributed by atoms with E-state index in [1.165, 1.54) is 11.3 Å². The fourth-order valence-corrected chi connectivity index (χ4v) is 5.61. The Balaban J connectivity index is 2.37. The smallest absolute Gasteiger partial charge is 0.244 e. The molecule has 1 aliphatic heterocycles. The van der Waals surface area contributed by atoms with Crippen molar-refractivity contribution < 1.29 is 13.2 Å². The molecule has 1 aromatic heterocycles. The molecule has 1 saturated heterocycles. The van der Waals surface area contributed by atoms with Gasteiger partial charge >= 0.3 is 0 Å². The maximum absolute atomic E-state index is 12.7. The Kier molecular flexibility index (Phi) is 4.89. The van der Waals surface area contributed by atoms with E-state index in [-0.39, 0.29) is 6.04 Å². The molecule has 1 atom stereocenters. The molecule has 2 rings (SSSR count). The molecule has 0 bridgehead atoms. The molecule has 0 N–H and O–H groups in total. The zero-order valence-corrected chi connectivity index (χ0v) is 13.4. The summed E-state index contributed by atoms with van der Waals surface area (Å²) in [5, 5.41) is 0. The van der Waals surface area contributed by atoms with Crippen LogP contribution in [0.2, 0.25) is 0 Å². The number of aryl methyl sites for hydroxylation is 1. The second-order valence-electron chi connectivity index (χ2n) is 4.52. The number of thiophene rings is 1. The van der Waals surface area contributed by atoms with E-state index in [1.807, 2.05) is 13.8 Å². The third kappa shape index (κ3) is 2.97. The van der Waals surface area contributed by atoms with Gasteiger partial charge in [0.15, 0.2) is 0 Å². The van der Waals surface area contributed by atoms with Crippen molar-refractivity contribution in [1.82, 2.24) is 4.31 Å². The van der Waals surface area contributed by atoms with E-state index in [0.29, 0.717) is 30.5 Å². The zero-order valence-electron chi connectivity index (χ0n) is 11.1.